The Labute approximate surface area is 156 Å². The number of anilines is 1. The molecule has 4 heteroatoms. The standard InChI is InChI=1S/C22H28N2O2/c1-17(22(25)23-20-10-6-7-11-21(20)26-2)24-14-12-19(13-15-24)16-18-8-4-3-5-9-18/h3-11,17,19H,12-16H2,1-2H3,(H,23,25)/t17-/m0/s1. The molecule has 0 spiro atoms. The van der Waals surface area contributed by atoms with Gasteiger partial charge in [-0.15, -0.1) is 0 Å². The molecule has 0 unspecified atom stereocenters. The van der Waals surface area contributed by atoms with Crippen LogP contribution in [0.5, 0.6) is 5.75 Å². The number of carbonyl (C=O) groups is 1. The van der Waals surface area contributed by atoms with Crippen molar-refractivity contribution in [2.24, 2.45) is 5.92 Å². The van der Waals surface area contributed by atoms with Crippen molar-refractivity contribution in [2.75, 3.05) is 25.5 Å². The molecule has 0 saturated carbocycles. The lowest BCUT2D eigenvalue weighted by atomic mass is 9.89. The second kappa shape index (κ2) is 8.86. The molecule has 1 heterocycles. The third-order valence-corrected chi connectivity index (χ3v) is 5.31. The largest absolute Gasteiger partial charge is 0.495 e. The summed E-state index contributed by atoms with van der Waals surface area (Å²) >= 11 is 0. The van der Waals surface area contributed by atoms with Crippen LogP contribution in [0.15, 0.2) is 54.6 Å². The maximum atomic E-state index is 12.6. The first-order chi connectivity index (χ1) is 12.7. The summed E-state index contributed by atoms with van der Waals surface area (Å²) in [5.74, 6) is 1.42. The molecule has 1 saturated heterocycles. The van der Waals surface area contributed by atoms with E-state index < -0.39 is 0 Å². The second-order valence-electron chi connectivity index (χ2n) is 7.03. The van der Waals surface area contributed by atoms with Crippen molar-refractivity contribution in [1.29, 1.82) is 0 Å². The zero-order valence-corrected chi connectivity index (χ0v) is 15.7. The van der Waals surface area contributed by atoms with Gasteiger partial charge >= 0.3 is 0 Å². The van der Waals surface area contributed by atoms with Gasteiger partial charge in [0.2, 0.25) is 5.91 Å². The number of nitrogens with zero attached hydrogens (tertiary/aromatic N) is 1. The molecule has 3 rings (SSSR count). The Kier molecular flexibility index (Phi) is 6.29. The predicted octanol–water partition coefficient (Wildman–Crippen LogP) is 3.98. The number of hydrogen-bond donors (Lipinski definition) is 1. The summed E-state index contributed by atoms with van der Waals surface area (Å²) in [5.41, 5.74) is 2.14. The zero-order chi connectivity index (χ0) is 18.4. The first-order valence-corrected chi connectivity index (χ1v) is 9.39. The van der Waals surface area contributed by atoms with E-state index in [2.05, 4.69) is 40.5 Å². The maximum absolute atomic E-state index is 12.6. The first kappa shape index (κ1) is 18.5. The SMILES string of the molecule is COc1ccccc1NC(=O)[C@H](C)N1CCC(Cc2ccccc2)CC1. The molecule has 138 valence electrons. The fraction of sp³-hybridized carbons (Fsp3) is 0.409. The van der Waals surface area contributed by atoms with Gasteiger partial charge in [0, 0.05) is 0 Å². The molecular weight excluding hydrogens is 324 g/mol. The molecule has 1 fully saturated rings. The maximum Gasteiger partial charge on any atom is 0.241 e. The van der Waals surface area contributed by atoms with E-state index >= 15 is 0 Å². The fourth-order valence-electron chi connectivity index (χ4n) is 3.64. The lowest BCUT2D eigenvalue weighted by molar-refractivity contribution is -0.121. The van der Waals surface area contributed by atoms with Crippen LogP contribution in [-0.4, -0.2) is 37.0 Å². The molecule has 1 N–H and O–H groups in total. The quantitative estimate of drug-likeness (QED) is 0.855. The highest BCUT2D eigenvalue weighted by molar-refractivity contribution is 5.95. The van der Waals surface area contributed by atoms with E-state index in [1.54, 1.807) is 7.11 Å². The van der Waals surface area contributed by atoms with E-state index in [0.717, 1.165) is 38.0 Å². The van der Waals surface area contributed by atoms with Gasteiger partial charge in [-0.1, -0.05) is 42.5 Å². The number of para-hydroxylation sites is 2. The Balaban J connectivity index is 1.51. The molecule has 1 atom stereocenters. The number of methoxy groups -OCH3 is 1. The highest BCUT2D eigenvalue weighted by Gasteiger charge is 2.27. The van der Waals surface area contributed by atoms with Crippen molar-refractivity contribution in [3.05, 3.63) is 60.2 Å². The molecular formula is C22H28N2O2. The van der Waals surface area contributed by atoms with Crippen LogP contribution in [-0.2, 0) is 11.2 Å². The summed E-state index contributed by atoms with van der Waals surface area (Å²) in [7, 11) is 1.62. The Morgan fingerprint density at radius 2 is 1.77 bits per heavy atom. The number of likely N-dealkylation sites (tertiary alicyclic amines) is 1. The smallest absolute Gasteiger partial charge is 0.241 e. The van der Waals surface area contributed by atoms with Gasteiger partial charge in [-0.05, 0) is 62.9 Å². The Morgan fingerprint density at radius 1 is 1.12 bits per heavy atom. The van der Waals surface area contributed by atoms with Crippen LogP contribution in [0.2, 0.25) is 0 Å². The average Bonchev–Trinajstić information content (AvgIpc) is 2.69. The lowest BCUT2D eigenvalue weighted by Crippen LogP contribution is -2.46. The molecule has 2 aromatic carbocycles. The number of piperidine rings is 1. The van der Waals surface area contributed by atoms with Gasteiger partial charge in [-0.25, -0.2) is 0 Å². The van der Waals surface area contributed by atoms with E-state index in [4.69, 9.17) is 4.74 Å². The topological polar surface area (TPSA) is 41.6 Å². The Hall–Kier alpha value is -2.33. The van der Waals surface area contributed by atoms with Crippen molar-refractivity contribution in [2.45, 2.75) is 32.2 Å². The molecule has 0 aromatic heterocycles. The summed E-state index contributed by atoms with van der Waals surface area (Å²) in [4.78, 5) is 14.9. The third kappa shape index (κ3) is 4.64. The van der Waals surface area contributed by atoms with Crippen LogP contribution in [0.1, 0.15) is 25.3 Å². The van der Waals surface area contributed by atoms with Crippen molar-refractivity contribution in [3.8, 4) is 5.75 Å². The summed E-state index contributed by atoms with van der Waals surface area (Å²) < 4.78 is 5.31. The van der Waals surface area contributed by atoms with E-state index in [1.165, 1.54) is 5.56 Å². The number of carbonyl (C=O) groups excluding carboxylic acids is 1. The molecule has 0 radical (unpaired) electrons. The summed E-state index contributed by atoms with van der Waals surface area (Å²) in [5, 5.41) is 3.00. The van der Waals surface area contributed by atoms with Gasteiger partial charge in [0.05, 0.1) is 18.8 Å². The van der Waals surface area contributed by atoms with Crippen LogP contribution in [0.3, 0.4) is 0 Å². The van der Waals surface area contributed by atoms with Crippen LogP contribution < -0.4 is 10.1 Å². The highest BCUT2D eigenvalue weighted by atomic mass is 16.5. The van der Waals surface area contributed by atoms with Gasteiger partial charge in [-0.3, -0.25) is 9.69 Å². The van der Waals surface area contributed by atoms with Gasteiger partial charge in [0.15, 0.2) is 0 Å². The van der Waals surface area contributed by atoms with Gasteiger partial charge in [0.1, 0.15) is 5.75 Å². The number of hydrogen-bond acceptors (Lipinski definition) is 3. The fourth-order valence-corrected chi connectivity index (χ4v) is 3.64. The molecule has 0 aliphatic carbocycles. The van der Waals surface area contributed by atoms with Crippen LogP contribution in [0.25, 0.3) is 0 Å². The van der Waals surface area contributed by atoms with E-state index in [-0.39, 0.29) is 11.9 Å². The highest BCUT2D eigenvalue weighted by Crippen LogP contribution is 2.25. The molecule has 26 heavy (non-hydrogen) atoms. The third-order valence-electron chi connectivity index (χ3n) is 5.31. The monoisotopic (exact) mass is 352 g/mol. The van der Waals surface area contributed by atoms with Crippen LogP contribution >= 0.6 is 0 Å². The molecule has 2 aromatic rings. The number of rotatable bonds is 6. The second-order valence-corrected chi connectivity index (χ2v) is 7.03. The molecule has 1 amide bonds. The zero-order valence-electron chi connectivity index (χ0n) is 15.7. The summed E-state index contributed by atoms with van der Waals surface area (Å²) in [6, 6.07) is 18.1. The predicted molar refractivity (Wildman–Crippen MR) is 106 cm³/mol. The normalized spacial score (nSPS) is 16.8. The summed E-state index contributed by atoms with van der Waals surface area (Å²) in [6.45, 7) is 3.93. The van der Waals surface area contributed by atoms with Gasteiger partial charge in [-0.2, -0.15) is 0 Å². The molecule has 4 nitrogen and oxygen atoms in total. The minimum absolute atomic E-state index is 0.0241. The number of nitrogens with one attached hydrogen (secondary N) is 1. The molecule has 1 aliphatic heterocycles. The number of amides is 1. The molecule has 0 bridgehead atoms. The van der Waals surface area contributed by atoms with E-state index in [0.29, 0.717) is 11.7 Å². The molecule has 1 aliphatic rings. The lowest BCUT2D eigenvalue weighted by Gasteiger charge is -2.35. The van der Waals surface area contributed by atoms with Crippen molar-refractivity contribution in [1.82, 2.24) is 4.90 Å². The number of ether oxygens (including phenoxy) is 1. The minimum Gasteiger partial charge on any atom is -0.495 e. The average molecular weight is 352 g/mol. The van der Waals surface area contributed by atoms with Crippen LogP contribution in [0.4, 0.5) is 5.69 Å². The van der Waals surface area contributed by atoms with Crippen LogP contribution in [0, 0.1) is 5.92 Å². The Morgan fingerprint density at radius 3 is 2.46 bits per heavy atom. The van der Waals surface area contributed by atoms with Gasteiger partial charge < -0.3 is 10.1 Å². The van der Waals surface area contributed by atoms with Crippen molar-refractivity contribution < 1.29 is 9.53 Å². The van der Waals surface area contributed by atoms with E-state index in [1.807, 2.05) is 31.2 Å². The first-order valence-electron chi connectivity index (χ1n) is 9.39. The number of benzene rings is 2. The Bertz CT molecular complexity index is 709. The van der Waals surface area contributed by atoms with Crippen molar-refractivity contribution in [3.63, 3.8) is 0 Å². The summed E-state index contributed by atoms with van der Waals surface area (Å²) in [6.07, 6.45) is 3.42. The minimum atomic E-state index is -0.141. The van der Waals surface area contributed by atoms with Gasteiger partial charge in [0.25, 0.3) is 0 Å². The van der Waals surface area contributed by atoms with Crippen molar-refractivity contribution >= 4 is 11.6 Å². The van der Waals surface area contributed by atoms with E-state index in [9.17, 15) is 4.79 Å².